The zero-order valence-corrected chi connectivity index (χ0v) is 12.2. The van der Waals surface area contributed by atoms with E-state index in [1.165, 1.54) is 0 Å². The fraction of sp³-hybridized carbons (Fsp3) is 0. The normalized spacial score (nSPS) is 10.6. The fourth-order valence-corrected chi connectivity index (χ4v) is 2.07. The summed E-state index contributed by atoms with van der Waals surface area (Å²) in [5.41, 5.74) is 5.76. The molecule has 0 unspecified atom stereocenters. The van der Waals surface area contributed by atoms with Crippen LogP contribution in [0.5, 0.6) is 0 Å². The Morgan fingerprint density at radius 1 is 1.04 bits per heavy atom. The van der Waals surface area contributed by atoms with E-state index in [0.29, 0.717) is 5.69 Å². The highest BCUT2D eigenvalue weighted by Gasteiger charge is 2.05. The lowest BCUT2D eigenvalue weighted by molar-refractivity contribution is 0.252. The Kier molecular flexibility index (Phi) is 4.44. The number of H-pyrrole nitrogens is 1. The topological polar surface area (TPSA) is 82.2 Å². The third kappa shape index (κ3) is 3.82. The summed E-state index contributed by atoms with van der Waals surface area (Å²) in [6.45, 7) is 0. The minimum atomic E-state index is -0.405. The molecule has 3 aromatic rings. The first-order valence-corrected chi connectivity index (χ1v) is 7.07. The number of aromatic nitrogens is 2. The zero-order valence-electron chi connectivity index (χ0n) is 12.2. The number of carbonyl (C=O) groups is 1. The molecule has 2 aromatic carbocycles. The molecule has 0 aliphatic carbocycles. The first-order chi connectivity index (χ1) is 11.3. The maximum atomic E-state index is 11.7. The van der Waals surface area contributed by atoms with Gasteiger partial charge in [0.2, 0.25) is 0 Å². The molecule has 0 bridgehead atoms. The van der Waals surface area contributed by atoms with Crippen molar-refractivity contribution in [1.29, 1.82) is 0 Å². The molecule has 3 rings (SSSR count). The molecular weight excluding hydrogens is 290 g/mol. The van der Waals surface area contributed by atoms with Crippen LogP contribution in [0, 0.1) is 0 Å². The van der Waals surface area contributed by atoms with Crippen LogP contribution in [0.3, 0.4) is 0 Å². The Hall–Kier alpha value is -3.41. The number of hydrogen-bond acceptors (Lipinski definition) is 3. The van der Waals surface area contributed by atoms with Crippen LogP contribution in [0.1, 0.15) is 5.56 Å². The quantitative estimate of drug-likeness (QED) is 0.511. The van der Waals surface area contributed by atoms with E-state index in [2.05, 4.69) is 26.0 Å². The number of aromatic amines is 1. The number of rotatable bonds is 4. The van der Waals surface area contributed by atoms with Crippen LogP contribution in [0.2, 0.25) is 0 Å². The van der Waals surface area contributed by atoms with Crippen LogP contribution >= 0.6 is 0 Å². The van der Waals surface area contributed by atoms with E-state index in [1.54, 1.807) is 24.5 Å². The van der Waals surface area contributed by atoms with Crippen LogP contribution in [0.25, 0.3) is 11.3 Å². The summed E-state index contributed by atoms with van der Waals surface area (Å²) < 4.78 is 0. The fourth-order valence-electron chi connectivity index (χ4n) is 2.07. The number of amides is 2. The van der Waals surface area contributed by atoms with Gasteiger partial charge >= 0.3 is 6.03 Å². The van der Waals surface area contributed by atoms with Gasteiger partial charge in [0.25, 0.3) is 0 Å². The number of carbonyl (C=O) groups excluding carboxylic acids is 1. The molecular formula is C17H15N5O. The molecule has 1 aromatic heterocycles. The van der Waals surface area contributed by atoms with Gasteiger partial charge in [0.05, 0.1) is 18.1 Å². The van der Waals surface area contributed by atoms with Crippen LogP contribution in [0.15, 0.2) is 72.0 Å². The summed E-state index contributed by atoms with van der Waals surface area (Å²) >= 11 is 0. The summed E-state index contributed by atoms with van der Waals surface area (Å²) in [5, 5.41) is 13.6. The van der Waals surface area contributed by atoms with Crippen molar-refractivity contribution in [3.63, 3.8) is 0 Å². The number of para-hydroxylation sites is 1. The number of hydrazone groups is 1. The molecule has 0 aliphatic rings. The first-order valence-electron chi connectivity index (χ1n) is 7.07. The molecule has 0 radical (unpaired) electrons. The molecule has 23 heavy (non-hydrogen) atoms. The smallest absolute Gasteiger partial charge is 0.307 e. The van der Waals surface area contributed by atoms with Crippen LogP contribution in [-0.2, 0) is 0 Å². The van der Waals surface area contributed by atoms with Crippen molar-refractivity contribution in [3.8, 4) is 11.3 Å². The Morgan fingerprint density at radius 3 is 2.48 bits per heavy atom. The molecule has 0 saturated carbocycles. The maximum Gasteiger partial charge on any atom is 0.339 e. The van der Waals surface area contributed by atoms with E-state index in [4.69, 9.17) is 0 Å². The number of anilines is 1. The Bertz CT molecular complexity index is 796. The maximum absolute atomic E-state index is 11.7. The van der Waals surface area contributed by atoms with Gasteiger partial charge < -0.3 is 5.32 Å². The Balaban J connectivity index is 1.63. The molecule has 2 amide bonds. The van der Waals surface area contributed by atoms with Crippen molar-refractivity contribution >= 4 is 17.9 Å². The Labute approximate surface area is 133 Å². The second-order valence-electron chi connectivity index (χ2n) is 4.76. The molecule has 6 nitrogen and oxygen atoms in total. The van der Waals surface area contributed by atoms with Gasteiger partial charge in [-0.2, -0.15) is 10.2 Å². The number of hydrogen-bond donors (Lipinski definition) is 3. The van der Waals surface area contributed by atoms with Gasteiger partial charge in [0, 0.05) is 16.8 Å². The van der Waals surface area contributed by atoms with Gasteiger partial charge in [-0.3, -0.25) is 5.10 Å². The van der Waals surface area contributed by atoms with Gasteiger partial charge in [-0.1, -0.05) is 48.5 Å². The highest BCUT2D eigenvalue weighted by molar-refractivity contribution is 5.92. The average molecular weight is 305 g/mol. The Morgan fingerprint density at radius 2 is 1.74 bits per heavy atom. The molecule has 3 N–H and O–H groups in total. The van der Waals surface area contributed by atoms with Crippen molar-refractivity contribution in [1.82, 2.24) is 15.6 Å². The SMILES string of the molecule is O=C(NN=Cc1cn[nH]c1-c1ccccc1)Nc1ccccc1. The van der Waals surface area contributed by atoms with E-state index in [1.807, 2.05) is 48.5 Å². The highest BCUT2D eigenvalue weighted by Crippen LogP contribution is 2.18. The van der Waals surface area contributed by atoms with E-state index in [0.717, 1.165) is 16.8 Å². The third-order valence-corrected chi connectivity index (χ3v) is 3.13. The number of benzene rings is 2. The standard InChI is InChI=1S/C17H15N5O/c23-17(20-15-9-5-2-6-10-15)22-19-12-14-11-18-21-16(14)13-7-3-1-4-8-13/h1-12H,(H,18,21)(H2,20,22,23). The van der Waals surface area contributed by atoms with Crippen molar-refractivity contribution in [3.05, 3.63) is 72.4 Å². The van der Waals surface area contributed by atoms with E-state index >= 15 is 0 Å². The van der Waals surface area contributed by atoms with Crippen molar-refractivity contribution in [2.45, 2.75) is 0 Å². The molecule has 0 spiro atoms. The van der Waals surface area contributed by atoms with E-state index in [-0.39, 0.29) is 0 Å². The lowest BCUT2D eigenvalue weighted by atomic mass is 10.1. The molecule has 0 aliphatic heterocycles. The van der Waals surface area contributed by atoms with Crippen LogP contribution in [-0.4, -0.2) is 22.4 Å². The summed E-state index contributed by atoms with van der Waals surface area (Å²) in [5.74, 6) is 0. The van der Waals surface area contributed by atoms with Crippen molar-refractivity contribution in [2.24, 2.45) is 5.10 Å². The molecule has 0 fully saturated rings. The van der Waals surface area contributed by atoms with Crippen molar-refractivity contribution < 1.29 is 4.79 Å². The summed E-state index contributed by atoms with van der Waals surface area (Å²) in [6, 6.07) is 18.5. The van der Waals surface area contributed by atoms with Gasteiger partial charge in [-0.15, -0.1) is 0 Å². The second-order valence-corrected chi connectivity index (χ2v) is 4.76. The number of urea groups is 1. The molecule has 6 heteroatoms. The molecule has 0 saturated heterocycles. The van der Waals surface area contributed by atoms with Gasteiger partial charge in [-0.05, 0) is 12.1 Å². The zero-order chi connectivity index (χ0) is 15.9. The monoisotopic (exact) mass is 305 g/mol. The number of nitrogens with one attached hydrogen (secondary N) is 3. The predicted molar refractivity (Wildman–Crippen MR) is 90.2 cm³/mol. The van der Waals surface area contributed by atoms with E-state index in [9.17, 15) is 4.79 Å². The summed E-state index contributed by atoms with van der Waals surface area (Å²) in [7, 11) is 0. The first kappa shape index (κ1) is 14.5. The summed E-state index contributed by atoms with van der Waals surface area (Å²) in [6.07, 6.45) is 3.21. The van der Waals surface area contributed by atoms with Crippen LogP contribution in [0.4, 0.5) is 10.5 Å². The minimum Gasteiger partial charge on any atom is -0.307 e. The second kappa shape index (κ2) is 7.04. The highest BCUT2D eigenvalue weighted by atomic mass is 16.2. The largest absolute Gasteiger partial charge is 0.339 e. The van der Waals surface area contributed by atoms with Gasteiger partial charge in [0.15, 0.2) is 0 Å². The van der Waals surface area contributed by atoms with Crippen LogP contribution < -0.4 is 10.7 Å². The van der Waals surface area contributed by atoms with Gasteiger partial charge in [0.1, 0.15) is 0 Å². The molecule has 114 valence electrons. The molecule has 0 atom stereocenters. The van der Waals surface area contributed by atoms with Crippen molar-refractivity contribution in [2.75, 3.05) is 5.32 Å². The predicted octanol–water partition coefficient (Wildman–Crippen LogP) is 3.23. The minimum absolute atomic E-state index is 0.405. The average Bonchev–Trinajstić information content (AvgIpc) is 3.05. The van der Waals surface area contributed by atoms with Gasteiger partial charge in [-0.25, -0.2) is 10.2 Å². The lowest BCUT2D eigenvalue weighted by Gasteiger charge is -2.03. The van der Waals surface area contributed by atoms with E-state index < -0.39 is 6.03 Å². The number of nitrogens with zero attached hydrogens (tertiary/aromatic N) is 2. The summed E-state index contributed by atoms with van der Waals surface area (Å²) in [4.78, 5) is 11.7. The molecule has 1 heterocycles. The lowest BCUT2D eigenvalue weighted by Crippen LogP contribution is -2.24. The third-order valence-electron chi connectivity index (χ3n) is 3.13.